The lowest BCUT2D eigenvalue weighted by atomic mass is 10.2. The third-order valence-corrected chi connectivity index (χ3v) is 5.00. The highest BCUT2D eigenvalue weighted by Crippen LogP contribution is 2.08. The zero-order valence-electron chi connectivity index (χ0n) is 14.5. The maximum absolute atomic E-state index is 12.0. The first-order chi connectivity index (χ1) is 10.8. The third-order valence-electron chi connectivity index (χ3n) is 4.03. The molecule has 1 aliphatic heterocycles. The van der Waals surface area contributed by atoms with Gasteiger partial charge in [-0.2, -0.15) is 11.8 Å². The summed E-state index contributed by atoms with van der Waals surface area (Å²) in [6, 6.07) is 0. The highest BCUT2D eigenvalue weighted by molar-refractivity contribution is 7.99. The number of thioether (sulfide) groups is 1. The van der Waals surface area contributed by atoms with E-state index in [4.69, 9.17) is 4.74 Å². The maximum atomic E-state index is 12.0. The molecule has 0 radical (unpaired) electrons. The molecule has 0 unspecified atom stereocenters. The smallest absolute Gasteiger partial charge is 0.223 e. The van der Waals surface area contributed by atoms with Gasteiger partial charge >= 0.3 is 0 Å². The Labute approximate surface area is 140 Å². The van der Waals surface area contributed by atoms with E-state index < -0.39 is 0 Å². The predicted octanol–water partition coefficient (Wildman–Crippen LogP) is 2.87. The van der Waals surface area contributed by atoms with Crippen molar-refractivity contribution in [3.8, 4) is 0 Å². The highest BCUT2D eigenvalue weighted by Gasteiger charge is 2.16. The number of rotatable bonds is 12. The van der Waals surface area contributed by atoms with Gasteiger partial charge in [0.05, 0.1) is 13.2 Å². The van der Waals surface area contributed by atoms with E-state index in [-0.39, 0.29) is 0 Å². The largest absolute Gasteiger partial charge is 0.378 e. The van der Waals surface area contributed by atoms with Gasteiger partial charge in [-0.25, -0.2) is 0 Å². The molecule has 22 heavy (non-hydrogen) atoms. The molecule has 0 bridgehead atoms. The van der Waals surface area contributed by atoms with Crippen LogP contribution in [0.25, 0.3) is 0 Å². The second-order valence-electron chi connectivity index (χ2n) is 5.90. The lowest BCUT2D eigenvalue weighted by molar-refractivity contribution is -0.134. The molecule has 0 aromatic rings. The van der Waals surface area contributed by atoms with Crippen molar-refractivity contribution in [2.45, 2.75) is 46.0 Å². The van der Waals surface area contributed by atoms with Gasteiger partial charge in [-0.1, -0.05) is 26.7 Å². The molecule has 1 rings (SSSR count). The Bertz CT molecular complexity index is 276. The Kier molecular flexibility index (Phi) is 11.9. The highest BCUT2D eigenvalue weighted by atomic mass is 32.2. The van der Waals surface area contributed by atoms with Crippen molar-refractivity contribution < 1.29 is 9.53 Å². The van der Waals surface area contributed by atoms with E-state index in [9.17, 15) is 4.79 Å². The van der Waals surface area contributed by atoms with Crippen LogP contribution in [0, 0.1) is 0 Å². The molecule has 0 aromatic heterocycles. The van der Waals surface area contributed by atoms with Crippen LogP contribution in [0.5, 0.6) is 0 Å². The van der Waals surface area contributed by atoms with Crippen LogP contribution >= 0.6 is 11.8 Å². The van der Waals surface area contributed by atoms with Crippen LogP contribution < -0.4 is 0 Å². The summed E-state index contributed by atoms with van der Waals surface area (Å²) in [4.78, 5) is 16.6. The molecule has 0 spiro atoms. The predicted molar refractivity (Wildman–Crippen MR) is 95.6 cm³/mol. The molecule has 0 saturated carbocycles. The Morgan fingerprint density at radius 3 is 2.27 bits per heavy atom. The van der Waals surface area contributed by atoms with Crippen molar-refractivity contribution >= 4 is 17.7 Å². The summed E-state index contributed by atoms with van der Waals surface area (Å²) in [6.45, 7) is 11.1. The molecule has 130 valence electrons. The first kappa shape index (κ1) is 19.8. The number of unbranched alkanes of at least 4 members (excludes halogenated alkanes) is 2. The van der Waals surface area contributed by atoms with Crippen LogP contribution in [-0.2, 0) is 9.53 Å². The molecular formula is C17H34N2O2S. The van der Waals surface area contributed by atoms with Crippen LogP contribution in [0.2, 0.25) is 0 Å². The molecule has 1 aliphatic rings. The molecule has 4 nitrogen and oxygen atoms in total. The van der Waals surface area contributed by atoms with Gasteiger partial charge in [-0.05, 0) is 25.9 Å². The standard InChI is InChI=1S/C17H34N2O2S/c1-3-5-8-18(9-6-4-2)12-16-22-15-7-17(20)19-10-13-21-14-11-19/h3-16H2,1-2H3. The molecule has 1 saturated heterocycles. The molecule has 0 aromatic carbocycles. The van der Waals surface area contributed by atoms with E-state index in [0.717, 1.165) is 31.1 Å². The molecule has 0 N–H and O–H groups in total. The van der Waals surface area contributed by atoms with Crippen LogP contribution in [0.15, 0.2) is 0 Å². The lowest BCUT2D eigenvalue weighted by Crippen LogP contribution is -2.40. The van der Waals surface area contributed by atoms with Crippen LogP contribution in [-0.4, -0.2) is 73.2 Å². The summed E-state index contributed by atoms with van der Waals surface area (Å²) in [6.07, 6.45) is 5.80. The van der Waals surface area contributed by atoms with Crippen molar-refractivity contribution in [1.29, 1.82) is 0 Å². The minimum atomic E-state index is 0.296. The fourth-order valence-electron chi connectivity index (χ4n) is 2.52. The Morgan fingerprint density at radius 2 is 1.68 bits per heavy atom. The van der Waals surface area contributed by atoms with E-state index >= 15 is 0 Å². The van der Waals surface area contributed by atoms with E-state index in [1.54, 1.807) is 0 Å². The van der Waals surface area contributed by atoms with Crippen molar-refractivity contribution in [3.05, 3.63) is 0 Å². The van der Waals surface area contributed by atoms with Gasteiger partial charge in [0.2, 0.25) is 5.91 Å². The Morgan fingerprint density at radius 1 is 1.05 bits per heavy atom. The number of carbonyl (C=O) groups excluding carboxylic acids is 1. The molecule has 1 fully saturated rings. The summed E-state index contributed by atoms with van der Waals surface area (Å²) in [5.74, 6) is 2.39. The zero-order chi connectivity index (χ0) is 16.0. The number of carbonyl (C=O) groups is 1. The molecule has 0 aliphatic carbocycles. The lowest BCUT2D eigenvalue weighted by Gasteiger charge is -2.26. The van der Waals surface area contributed by atoms with E-state index in [0.29, 0.717) is 25.5 Å². The summed E-state index contributed by atoms with van der Waals surface area (Å²) < 4.78 is 5.28. The SMILES string of the molecule is CCCCN(CCCC)CCSCCC(=O)N1CCOCC1. The van der Waals surface area contributed by atoms with Gasteiger partial charge in [0.1, 0.15) is 0 Å². The normalized spacial score (nSPS) is 15.5. The van der Waals surface area contributed by atoms with Gasteiger partial charge in [0.25, 0.3) is 0 Å². The van der Waals surface area contributed by atoms with Gasteiger partial charge in [-0.15, -0.1) is 0 Å². The Hall–Kier alpha value is -0.260. The molecule has 1 heterocycles. The average Bonchev–Trinajstić information content (AvgIpc) is 2.56. The summed E-state index contributed by atoms with van der Waals surface area (Å²) in [5, 5.41) is 0. The number of nitrogens with zero attached hydrogens (tertiary/aromatic N) is 2. The minimum absolute atomic E-state index is 0.296. The fourth-order valence-corrected chi connectivity index (χ4v) is 3.44. The average molecular weight is 331 g/mol. The number of amides is 1. The summed E-state index contributed by atoms with van der Waals surface area (Å²) in [7, 11) is 0. The van der Waals surface area contributed by atoms with Gasteiger partial charge < -0.3 is 14.5 Å². The van der Waals surface area contributed by atoms with Crippen LogP contribution in [0.1, 0.15) is 46.0 Å². The zero-order valence-corrected chi connectivity index (χ0v) is 15.3. The van der Waals surface area contributed by atoms with Gasteiger partial charge in [0.15, 0.2) is 0 Å². The van der Waals surface area contributed by atoms with Crippen molar-refractivity contribution in [3.63, 3.8) is 0 Å². The molecule has 0 atom stereocenters. The number of hydrogen-bond acceptors (Lipinski definition) is 4. The fraction of sp³-hybridized carbons (Fsp3) is 0.941. The van der Waals surface area contributed by atoms with E-state index in [1.165, 1.54) is 38.8 Å². The quantitative estimate of drug-likeness (QED) is 0.515. The second kappa shape index (κ2) is 13.2. The first-order valence-corrected chi connectivity index (χ1v) is 10.1. The number of hydrogen-bond donors (Lipinski definition) is 0. The number of ether oxygens (including phenoxy) is 1. The Balaban J connectivity index is 2.07. The second-order valence-corrected chi connectivity index (χ2v) is 7.13. The van der Waals surface area contributed by atoms with Gasteiger partial charge in [-0.3, -0.25) is 4.79 Å². The molecule has 5 heteroatoms. The summed E-state index contributed by atoms with van der Waals surface area (Å²) in [5.41, 5.74) is 0. The van der Waals surface area contributed by atoms with Crippen molar-refractivity contribution in [2.75, 3.05) is 57.4 Å². The van der Waals surface area contributed by atoms with Crippen molar-refractivity contribution in [2.24, 2.45) is 0 Å². The first-order valence-electron chi connectivity index (χ1n) is 8.93. The molecule has 1 amide bonds. The van der Waals surface area contributed by atoms with Crippen molar-refractivity contribution in [1.82, 2.24) is 9.80 Å². The van der Waals surface area contributed by atoms with Crippen LogP contribution in [0.4, 0.5) is 0 Å². The molecular weight excluding hydrogens is 296 g/mol. The number of morpholine rings is 1. The monoisotopic (exact) mass is 330 g/mol. The van der Waals surface area contributed by atoms with Gasteiger partial charge in [0, 0.05) is 37.6 Å². The van der Waals surface area contributed by atoms with Crippen LogP contribution in [0.3, 0.4) is 0 Å². The van der Waals surface area contributed by atoms with E-state index in [1.807, 2.05) is 16.7 Å². The minimum Gasteiger partial charge on any atom is -0.378 e. The topological polar surface area (TPSA) is 32.8 Å². The summed E-state index contributed by atoms with van der Waals surface area (Å²) >= 11 is 1.92. The third kappa shape index (κ3) is 9.01. The van der Waals surface area contributed by atoms with E-state index in [2.05, 4.69) is 18.7 Å². The maximum Gasteiger partial charge on any atom is 0.223 e.